The van der Waals surface area contributed by atoms with Crippen LogP contribution in [0.3, 0.4) is 0 Å². The largest absolute Gasteiger partial charge is 0.495 e. The molecule has 2 amide bonds. The van der Waals surface area contributed by atoms with E-state index in [1.54, 1.807) is 28.9 Å². The first-order valence-corrected chi connectivity index (χ1v) is 13.0. The standard InChI is InChI=1S/C23H35N3O6S/c1-5-32-23(28)25-13-11-24(12-14-25)22(27)19-7-6-10-26(16-19)33(29,30)21-15-18(17(2)3)8-9-20(21)31-4/h8-9,15,17,19H,5-7,10-14,16H2,1-4H3/t19-/m0/s1. The fourth-order valence-corrected chi connectivity index (χ4v) is 6.05. The van der Waals surface area contributed by atoms with Gasteiger partial charge in [-0.3, -0.25) is 4.79 Å². The van der Waals surface area contributed by atoms with Gasteiger partial charge in [0, 0.05) is 39.3 Å². The van der Waals surface area contributed by atoms with Crippen molar-refractivity contribution in [1.82, 2.24) is 14.1 Å². The van der Waals surface area contributed by atoms with Crippen molar-refractivity contribution in [2.45, 2.75) is 44.4 Å². The summed E-state index contributed by atoms with van der Waals surface area (Å²) in [5, 5.41) is 0. The summed E-state index contributed by atoms with van der Waals surface area (Å²) >= 11 is 0. The highest BCUT2D eigenvalue weighted by molar-refractivity contribution is 7.89. The molecule has 0 saturated carbocycles. The minimum Gasteiger partial charge on any atom is -0.495 e. The van der Waals surface area contributed by atoms with Gasteiger partial charge in [-0.25, -0.2) is 13.2 Å². The molecule has 0 aliphatic carbocycles. The Bertz CT molecular complexity index is 957. The maximum absolute atomic E-state index is 13.5. The van der Waals surface area contributed by atoms with Gasteiger partial charge in [0.1, 0.15) is 10.6 Å². The van der Waals surface area contributed by atoms with Crippen molar-refractivity contribution in [3.63, 3.8) is 0 Å². The number of carbonyl (C=O) groups is 2. The molecule has 3 rings (SSSR count). The molecule has 0 spiro atoms. The van der Waals surface area contributed by atoms with Gasteiger partial charge in [-0.1, -0.05) is 19.9 Å². The van der Waals surface area contributed by atoms with Gasteiger partial charge in [0.2, 0.25) is 15.9 Å². The molecule has 1 aromatic carbocycles. The Labute approximate surface area is 196 Å². The second-order valence-electron chi connectivity index (χ2n) is 8.78. The van der Waals surface area contributed by atoms with Crippen molar-refractivity contribution in [2.24, 2.45) is 5.92 Å². The molecule has 10 heteroatoms. The van der Waals surface area contributed by atoms with Gasteiger partial charge in [0.15, 0.2) is 0 Å². The topological polar surface area (TPSA) is 96.5 Å². The molecular weight excluding hydrogens is 446 g/mol. The fourth-order valence-electron chi connectivity index (χ4n) is 4.34. The van der Waals surface area contributed by atoms with Crippen molar-refractivity contribution in [1.29, 1.82) is 0 Å². The Balaban J connectivity index is 1.71. The number of piperidine rings is 1. The number of hydrogen-bond donors (Lipinski definition) is 0. The van der Waals surface area contributed by atoms with Gasteiger partial charge in [-0.15, -0.1) is 0 Å². The number of ether oxygens (including phenoxy) is 2. The molecule has 2 aliphatic heterocycles. The number of rotatable bonds is 6. The van der Waals surface area contributed by atoms with Gasteiger partial charge < -0.3 is 19.3 Å². The molecule has 2 fully saturated rings. The smallest absolute Gasteiger partial charge is 0.409 e. The number of hydrogen-bond acceptors (Lipinski definition) is 6. The predicted octanol–water partition coefficient (Wildman–Crippen LogP) is 2.52. The molecule has 0 radical (unpaired) electrons. The maximum atomic E-state index is 13.5. The number of sulfonamides is 1. The van der Waals surface area contributed by atoms with Crippen LogP contribution < -0.4 is 4.74 Å². The van der Waals surface area contributed by atoms with Gasteiger partial charge in [0.25, 0.3) is 0 Å². The summed E-state index contributed by atoms with van der Waals surface area (Å²) in [5.74, 6) is 0.0278. The van der Waals surface area contributed by atoms with Crippen LogP contribution in [0.2, 0.25) is 0 Å². The molecular formula is C23H35N3O6S. The Morgan fingerprint density at radius 2 is 1.76 bits per heavy atom. The lowest BCUT2D eigenvalue weighted by Crippen LogP contribution is -2.54. The molecule has 0 N–H and O–H groups in total. The normalized spacial score (nSPS) is 20.1. The number of nitrogens with zero attached hydrogens (tertiary/aromatic N) is 3. The highest BCUT2D eigenvalue weighted by atomic mass is 32.2. The first kappa shape index (κ1) is 25.3. The van der Waals surface area contributed by atoms with Crippen LogP contribution >= 0.6 is 0 Å². The van der Waals surface area contributed by atoms with Crippen molar-refractivity contribution in [3.05, 3.63) is 23.8 Å². The SMILES string of the molecule is CCOC(=O)N1CCN(C(=O)[C@H]2CCCN(S(=O)(=O)c3cc(C(C)C)ccc3OC)C2)CC1. The van der Waals surface area contributed by atoms with Crippen LogP contribution in [0.5, 0.6) is 5.75 Å². The second-order valence-corrected chi connectivity index (χ2v) is 10.7. The summed E-state index contributed by atoms with van der Waals surface area (Å²) in [6.45, 7) is 8.29. The van der Waals surface area contributed by atoms with Crippen LogP contribution in [0.1, 0.15) is 45.1 Å². The van der Waals surface area contributed by atoms with Gasteiger partial charge >= 0.3 is 6.09 Å². The fraction of sp³-hybridized carbons (Fsp3) is 0.652. The van der Waals surface area contributed by atoms with Crippen molar-refractivity contribution < 1.29 is 27.5 Å². The van der Waals surface area contributed by atoms with E-state index in [-0.39, 0.29) is 29.4 Å². The quantitative estimate of drug-likeness (QED) is 0.620. The zero-order valence-electron chi connectivity index (χ0n) is 20.0. The Kier molecular flexibility index (Phi) is 8.23. The number of methoxy groups -OCH3 is 1. The van der Waals surface area contributed by atoms with E-state index in [0.717, 1.165) is 5.56 Å². The lowest BCUT2D eigenvalue weighted by molar-refractivity contribution is -0.138. The van der Waals surface area contributed by atoms with Crippen molar-refractivity contribution >= 4 is 22.0 Å². The number of piperazine rings is 1. The summed E-state index contributed by atoms with van der Waals surface area (Å²) in [4.78, 5) is 28.5. The summed E-state index contributed by atoms with van der Waals surface area (Å²) in [5.41, 5.74) is 0.915. The van der Waals surface area contributed by atoms with Crippen LogP contribution in [0.15, 0.2) is 23.1 Å². The molecule has 184 valence electrons. The van der Waals surface area contributed by atoms with Gasteiger partial charge in [-0.2, -0.15) is 4.31 Å². The summed E-state index contributed by atoms with van der Waals surface area (Å²) in [7, 11) is -2.36. The zero-order valence-corrected chi connectivity index (χ0v) is 20.8. The van der Waals surface area contributed by atoms with Crippen LogP contribution in [0.25, 0.3) is 0 Å². The molecule has 1 aromatic rings. The third-order valence-corrected chi connectivity index (χ3v) is 8.21. The van der Waals surface area contributed by atoms with Crippen LogP contribution in [0.4, 0.5) is 4.79 Å². The summed E-state index contributed by atoms with van der Waals surface area (Å²) in [6, 6.07) is 5.25. The first-order chi connectivity index (χ1) is 15.7. The monoisotopic (exact) mass is 481 g/mol. The Morgan fingerprint density at radius 1 is 1.09 bits per heavy atom. The third-order valence-electron chi connectivity index (χ3n) is 6.32. The third kappa shape index (κ3) is 5.60. The number of amides is 2. The Morgan fingerprint density at radius 3 is 2.36 bits per heavy atom. The van der Waals surface area contributed by atoms with Crippen molar-refractivity contribution in [3.8, 4) is 5.75 Å². The van der Waals surface area contributed by atoms with Gasteiger partial charge in [0.05, 0.1) is 19.6 Å². The van der Waals surface area contributed by atoms with Gasteiger partial charge in [-0.05, 0) is 43.4 Å². The van der Waals surface area contributed by atoms with E-state index in [2.05, 4.69) is 0 Å². The second kappa shape index (κ2) is 10.7. The average molecular weight is 482 g/mol. The number of carbonyl (C=O) groups excluding carboxylic acids is 2. The molecule has 1 atom stereocenters. The number of benzene rings is 1. The highest BCUT2D eigenvalue weighted by Crippen LogP contribution is 2.32. The van der Waals surface area contributed by atoms with Crippen LogP contribution in [-0.2, 0) is 19.6 Å². The lowest BCUT2D eigenvalue weighted by atomic mass is 9.98. The Hall–Kier alpha value is -2.33. The van der Waals surface area contributed by atoms with E-state index in [1.807, 2.05) is 19.9 Å². The van der Waals surface area contributed by atoms with E-state index in [9.17, 15) is 18.0 Å². The molecule has 2 heterocycles. The lowest BCUT2D eigenvalue weighted by Gasteiger charge is -2.38. The van der Waals surface area contributed by atoms with E-state index in [0.29, 0.717) is 57.9 Å². The maximum Gasteiger partial charge on any atom is 0.409 e. The predicted molar refractivity (Wildman–Crippen MR) is 124 cm³/mol. The molecule has 0 bridgehead atoms. The molecule has 33 heavy (non-hydrogen) atoms. The van der Waals surface area contributed by atoms with E-state index < -0.39 is 15.9 Å². The molecule has 2 saturated heterocycles. The highest BCUT2D eigenvalue weighted by Gasteiger charge is 2.37. The molecule has 2 aliphatic rings. The van der Waals surface area contributed by atoms with Crippen LogP contribution in [-0.4, -0.2) is 87.5 Å². The average Bonchev–Trinajstić information content (AvgIpc) is 2.83. The van der Waals surface area contributed by atoms with Crippen LogP contribution in [0, 0.1) is 5.92 Å². The molecule has 0 aromatic heterocycles. The minimum absolute atomic E-state index is 0.0543. The molecule has 0 unspecified atom stereocenters. The van der Waals surface area contributed by atoms with E-state index in [1.165, 1.54) is 11.4 Å². The van der Waals surface area contributed by atoms with E-state index in [4.69, 9.17) is 9.47 Å². The van der Waals surface area contributed by atoms with E-state index >= 15 is 0 Å². The molecule has 9 nitrogen and oxygen atoms in total. The summed E-state index contributed by atoms with van der Waals surface area (Å²) < 4.78 is 38.8. The first-order valence-electron chi connectivity index (χ1n) is 11.6. The minimum atomic E-state index is -3.82. The zero-order chi connectivity index (χ0) is 24.2. The summed E-state index contributed by atoms with van der Waals surface area (Å²) in [6.07, 6.45) is 0.897. The van der Waals surface area contributed by atoms with Crippen molar-refractivity contribution in [2.75, 3.05) is 53.0 Å².